The van der Waals surface area contributed by atoms with Gasteiger partial charge in [0.15, 0.2) is 0 Å². The number of hydrogen-bond donors (Lipinski definition) is 0. The van der Waals surface area contributed by atoms with Gasteiger partial charge < -0.3 is 4.85 Å². The Kier molecular flexibility index (Phi) is 3.61. The van der Waals surface area contributed by atoms with E-state index in [1.54, 1.807) is 0 Å². The van der Waals surface area contributed by atoms with Gasteiger partial charge in [-0.2, -0.15) is 0 Å². The second-order valence-corrected chi connectivity index (χ2v) is 0.949. The lowest BCUT2D eigenvalue weighted by Gasteiger charge is -1.63. The van der Waals surface area contributed by atoms with Crippen molar-refractivity contribution in [3.05, 3.63) is 11.4 Å². The molecule has 0 spiro atoms. The number of rotatable bonds is 1. The van der Waals surface area contributed by atoms with Gasteiger partial charge in [-0.25, -0.2) is 6.57 Å². The van der Waals surface area contributed by atoms with E-state index in [-0.39, 0.29) is 0 Å². The first kappa shape index (κ1) is 4.78. The van der Waals surface area contributed by atoms with Gasteiger partial charge in [-0.3, -0.25) is 0 Å². The summed E-state index contributed by atoms with van der Waals surface area (Å²) in [6.45, 7) is 6.59. The monoisotopic (exact) mass is 89.0 g/mol. The van der Waals surface area contributed by atoms with Crippen LogP contribution in [0.3, 0.4) is 0 Å². The van der Waals surface area contributed by atoms with Gasteiger partial charge in [0.2, 0.25) is 6.54 Å². The minimum Gasteiger partial charge on any atom is -0.316 e. The molecule has 0 amide bonds. The second kappa shape index (κ2) is 3.78. The standard InChI is InChI=1S/C3H4ClN/c1-5-3-2-4/h2-3H2. The van der Waals surface area contributed by atoms with Crippen LogP contribution in [0.25, 0.3) is 4.85 Å². The smallest absolute Gasteiger partial charge is 0.228 e. The molecule has 0 saturated carbocycles. The molecule has 0 N–H and O–H groups in total. The second-order valence-electron chi connectivity index (χ2n) is 0.571. The quantitative estimate of drug-likeness (QED) is 0.335. The van der Waals surface area contributed by atoms with Crippen LogP contribution in [-0.4, -0.2) is 12.4 Å². The molecule has 0 aromatic carbocycles. The molecule has 0 aliphatic heterocycles. The van der Waals surface area contributed by atoms with Crippen LogP contribution in [0.4, 0.5) is 0 Å². The molecule has 0 aromatic rings. The normalized spacial score (nSPS) is 6.40. The highest BCUT2D eigenvalue weighted by Crippen LogP contribution is 1.71. The highest BCUT2D eigenvalue weighted by Gasteiger charge is 1.71. The zero-order valence-electron chi connectivity index (χ0n) is 2.74. The molecule has 0 aliphatic carbocycles. The molecule has 0 heterocycles. The Morgan fingerprint density at radius 2 is 2.40 bits per heavy atom. The molecule has 0 aliphatic rings. The van der Waals surface area contributed by atoms with E-state index in [2.05, 4.69) is 4.85 Å². The van der Waals surface area contributed by atoms with E-state index in [4.69, 9.17) is 18.2 Å². The summed E-state index contributed by atoms with van der Waals surface area (Å²) in [6, 6.07) is 0. The van der Waals surface area contributed by atoms with E-state index in [0.717, 1.165) is 0 Å². The largest absolute Gasteiger partial charge is 0.316 e. The van der Waals surface area contributed by atoms with Crippen molar-refractivity contribution in [2.45, 2.75) is 0 Å². The fraction of sp³-hybridized carbons (Fsp3) is 0.667. The van der Waals surface area contributed by atoms with E-state index in [1.807, 2.05) is 0 Å². The van der Waals surface area contributed by atoms with Crippen LogP contribution in [0.5, 0.6) is 0 Å². The van der Waals surface area contributed by atoms with Gasteiger partial charge in [-0.05, 0) is 0 Å². The molecule has 28 valence electrons. The number of hydrogen-bond acceptors (Lipinski definition) is 0. The van der Waals surface area contributed by atoms with Gasteiger partial charge in [0.05, 0.1) is 5.88 Å². The van der Waals surface area contributed by atoms with Gasteiger partial charge in [0.1, 0.15) is 0 Å². The molecule has 1 nitrogen and oxygen atoms in total. The Bertz CT molecular complexity index is 45.3. The van der Waals surface area contributed by atoms with E-state index in [0.29, 0.717) is 12.4 Å². The van der Waals surface area contributed by atoms with E-state index >= 15 is 0 Å². The summed E-state index contributed by atoms with van der Waals surface area (Å²) in [6.07, 6.45) is 0. The molecule has 0 aromatic heterocycles. The third kappa shape index (κ3) is 3.78. The first-order valence-electron chi connectivity index (χ1n) is 1.31. The summed E-state index contributed by atoms with van der Waals surface area (Å²) in [5.74, 6) is 0.462. The minimum atomic E-state index is 0.446. The molecule has 2 heteroatoms. The number of nitrogens with zero attached hydrogens (tertiary/aromatic N) is 1. The molecular formula is C3H4ClN. The van der Waals surface area contributed by atoms with Gasteiger partial charge in [0, 0.05) is 0 Å². The third-order valence-electron chi connectivity index (χ3n) is 0.196. The molecule has 5 heavy (non-hydrogen) atoms. The van der Waals surface area contributed by atoms with Crippen molar-refractivity contribution < 1.29 is 0 Å². The maximum absolute atomic E-state index is 6.14. The Hall–Kier alpha value is -0.220. The highest BCUT2D eigenvalue weighted by molar-refractivity contribution is 6.18. The highest BCUT2D eigenvalue weighted by atomic mass is 35.5. The van der Waals surface area contributed by atoms with Crippen molar-refractivity contribution in [1.82, 2.24) is 0 Å². The van der Waals surface area contributed by atoms with E-state index in [9.17, 15) is 0 Å². The summed E-state index contributed by atoms with van der Waals surface area (Å²) >= 11 is 5.09. The lowest BCUT2D eigenvalue weighted by Crippen LogP contribution is -1.69. The predicted octanol–water partition coefficient (Wildman–Crippen LogP) is 1.14. The zero-order valence-corrected chi connectivity index (χ0v) is 3.50. The molecule has 0 radical (unpaired) electrons. The van der Waals surface area contributed by atoms with Gasteiger partial charge in [-0.1, -0.05) is 0 Å². The number of halogens is 1. The fourth-order valence-electron chi connectivity index (χ4n) is 0.0423. The molecule has 0 bridgehead atoms. The molecule has 0 unspecified atom stereocenters. The van der Waals surface area contributed by atoms with Crippen LogP contribution >= 0.6 is 11.6 Å². The molecular weight excluding hydrogens is 85.5 g/mol. The Morgan fingerprint density at radius 3 is 2.40 bits per heavy atom. The zero-order chi connectivity index (χ0) is 4.12. The lowest BCUT2D eigenvalue weighted by molar-refractivity contribution is 1.36. The molecule has 0 fully saturated rings. The minimum absolute atomic E-state index is 0.446. The summed E-state index contributed by atoms with van der Waals surface area (Å²) < 4.78 is 0. The van der Waals surface area contributed by atoms with Crippen LogP contribution in [-0.2, 0) is 0 Å². The Labute approximate surface area is 36.4 Å². The fourth-order valence-corrected chi connectivity index (χ4v) is 0.127. The van der Waals surface area contributed by atoms with E-state index < -0.39 is 0 Å². The van der Waals surface area contributed by atoms with Gasteiger partial charge in [0.25, 0.3) is 0 Å². The summed E-state index contributed by atoms with van der Waals surface area (Å²) in [5.41, 5.74) is 0. The van der Waals surface area contributed by atoms with Crippen LogP contribution in [0, 0.1) is 6.57 Å². The van der Waals surface area contributed by atoms with Crippen LogP contribution in [0.1, 0.15) is 0 Å². The predicted molar refractivity (Wildman–Crippen MR) is 22.2 cm³/mol. The van der Waals surface area contributed by atoms with Gasteiger partial charge >= 0.3 is 0 Å². The maximum atomic E-state index is 6.14. The molecule has 0 saturated heterocycles. The van der Waals surface area contributed by atoms with Crippen molar-refractivity contribution in [3.63, 3.8) is 0 Å². The maximum Gasteiger partial charge on any atom is 0.228 e. The molecule has 0 rings (SSSR count). The lowest BCUT2D eigenvalue weighted by atomic mass is 10.8. The van der Waals surface area contributed by atoms with E-state index in [1.165, 1.54) is 0 Å². The first-order valence-corrected chi connectivity index (χ1v) is 1.84. The van der Waals surface area contributed by atoms with Crippen molar-refractivity contribution >= 4 is 11.6 Å². The van der Waals surface area contributed by atoms with Crippen LogP contribution in [0.2, 0.25) is 0 Å². The first-order chi connectivity index (χ1) is 2.41. The average Bonchev–Trinajstić information content (AvgIpc) is 1.41. The van der Waals surface area contributed by atoms with Crippen LogP contribution < -0.4 is 0 Å². The van der Waals surface area contributed by atoms with Crippen molar-refractivity contribution in [1.29, 1.82) is 0 Å². The summed E-state index contributed by atoms with van der Waals surface area (Å²) in [7, 11) is 0. The molecule has 0 atom stereocenters. The SMILES string of the molecule is [C-]#[N+]CCCl. The summed E-state index contributed by atoms with van der Waals surface area (Å²) in [5, 5.41) is 0. The Balaban J connectivity index is 2.48. The average molecular weight is 89.5 g/mol. The van der Waals surface area contributed by atoms with Crippen molar-refractivity contribution in [2.24, 2.45) is 0 Å². The van der Waals surface area contributed by atoms with Crippen molar-refractivity contribution in [3.8, 4) is 0 Å². The summed E-state index contributed by atoms with van der Waals surface area (Å²) in [4.78, 5) is 2.97. The van der Waals surface area contributed by atoms with Crippen molar-refractivity contribution in [2.75, 3.05) is 12.4 Å². The topological polar surface area (TPSA) is 4.36 Å². The third-order valence-corrected chi connectivity index (χ3v) is 0.365. The Morgan fingerprint density at radius 1 is 1.80 bits per heavy atom. The van der Waals surface area contributed by atoms with Crippen LogP contribution in [0.15, 0.2) is 0 Å². The van der Waals surface area contributed by atoms with Gasteiger partial charge in [-0.15, -0.1) is 11.6 Å². The number of alkyl halides is 1.